The van der Waals surface area contributed by atoms with E-state index in [1.54, 1.807) is 48.5 Å². The van der Waals surface area contributed by atoms with Crippen LogP contribution in [0.3, 0.4) is 0 Å². The van der Waals surface area contributed by atoms with Crippen LogP contribution in [0, 0.1) is 0 Å². The fourth-order valence-electron chi connectivity index (χ4n) is 2.89. The molecule has 10 heteroatoms. The zero-order valence-electron chi connectivity index (χ0n) is 17.2. The Hall–Kier alpha value is -3.43. The SMILES string of the molecule is O=C(COc1cccc(/C=N\NC(=O)C(=O)NC[C@@H]2CCCO2)c1)Nc1ccccc1Cl. The minimum Gasteiger partial charge on any atom is -0.484 e. The first-order chi connectivity index (χ1) is 15.5. The Morgan fingerprint density at radius 3 is 2.78 bits per heavy atom. The van der Waals surface area contributed by atoms with Crippen molar-refractivity contribution in [3.63, 3.8) is 0 Å². The van der Waals surface area contributed by atoms with Crippen molar-refractivity contribution in [1.82, 2.24) is 10.7 Å². The first-order valence-electron chi connectivity index (χ1n) is 10.0. The molecule has 2 aromatic rings. The highest BCUT2D eigenvalue weighted by atomic mass is 35.5. The Bertz CT molecular complexity index is 992. The predicted octanol–water partition coefficient (Wildman–Crippen LogP) is 2.10. The number of hydrogen-bond donors (Lipinski definition) is 3. The minimum absolute atomic E-state index is 0.0512. The molecule has 0 aliphatic carbocycles. The van der Waals surface area contributed by atoms with Gasteiger partial charge in [-0.2, -0.15) is 5.10 Å². The maximum Gasteiger partial charge on any atom is 0.329 e. The molecular weight excluding hydrogens is 436 g/mol. The van der Waals surface area contributed by atoms with E-state index in [2.05, 4.69) is 21.2 Å². The average Bonchev–Trinajstić information content (AvgIpc) is 3.31. The number of rotatable bonds is 8. The third-order valence-corrected chi connectivity index (χ3v) is 4.81. The summed E-state index contributed by atoms with van der Waals surface area (Å²) in [5, 5.41) is 9.39. The number of ether oxygens (including phenoxy) is 2. The van der Waals surface area contributed by atoms with Crippen LogP contribution in [-0.2, 0) is 19.1 Å². The van der Waals surface area contributed by atoms with Crippen molar-refractivity contribution in [2.24, 2.45) is 5.10 Å². The number of carbonyl (C=O) groups is 3. The molecule has 1 heterocycles. The van der Waals surface area contributed by atoms with Gasteiger partial charge in [-0.1, -0.05) is 35.9 Å². The molecule has 32 heavy (non-hydrogen) atoms. The fourth-order valence-corrected chi connectivity index (χ4v) is 3.07. The molecule has 0 radical (unpaired) electrons. The number of benzene rings is 2. The van der Waals surface area contributed by atoms with Crippen LogP contribution in [0.25, 0.3) is 0 Å². The molecule has 1 saturated heterocycles. The van der Waals surface area contributed by atoms with Crippen LogP contribution in [0.15, 0.2) is 53.6 Å². The van der Waals surface area contributed by atoms with E-state index in [0.717, 1.165) is 12.8 Å². The summed E-state index contributed by atoms with van der Waals surface area (Å²) >= 11 is 6.01. The van der Waals surface area contributed by atoms with Crippen LogP contribution >= 0.6 is 11.6 Å². The van der Waals surface area contributed by atoms with Gasteiger partial charge >= 0.3 is 11.8 Å². The van der Waals surface area contributed by atoms with E-state index in [1.165, 1.54) is 6.21 Å². The first-order valence-corrected chi connectivity index (χ1v) is 10.4. The zero-order chi connectivity index (χ0) is 22.8. The molecule has 0 spiro atoms. The molecular formula is C22H23ClN4O5. The molecule has 1 atom stereocenters. The number of halogens is 1. The number of hydrogen-bond acceptors (Lipinski definition) is 6. The van der Waals surface area contributed by atoms with Gasteiger partial charge in [-0.15, -0.1) is 0 Å². The lowest BCUT2D eigenvalue weighted by Crippen LogP contribution is -2.41. The Balaban J connectivity index is 1.43. The first kappa shape index (κ1) is 23.2. The van der Waals surface area contributed by atoms with Gasteiger partial charge in [0, 0.05) is 13.2 Å². The summed E-state index contributed by atoms with van der Waals surface area (Å²) in [7, 11) is 0. The van der Waals surface area contributed by atoms with Crippen LogP contribution in [0.1, 0.15) is 18.4 Å². The summed E-state index contributed by atoms with van der Waals surface area (Å²) in [6, 6.07) is 13.6. The van der Waals surface area contributed by atoms with Gasteiger partial charge in [0.15, 0.2) is 6.61 Å². The molecule has 1 aliphatic rings. The molecule has 168 valence electrons. The molecule has 1 fully saturated rings. The summed E-state index contributed by atoms with van der Waals surface area (Å²) in [5.41, 5.74) is 3.27. The average molecular weight is 459 g/mol. The Labute approximate surface area is 190 Å². The van der Waals surface area contributed by atoms with Crippen molar-refractivity contribution in [3.05, 3.63) is 59.1 Å². The standard InChI is InChI=1S/C22H23ClN4O5/c23-18-8-1-2-9-19(18)26-20(28)14-32-16-6-3-5-15(11-16)12-25-27-22(30)21(29)24-13-17-7-4-10-31-17/h1-3,5-6,8-9,11-12,17H,4,7,10,13-14H2,(H,24,29)(H,26,28)(H,27,30)/b25-12-/t17-/m0/s1. The van der Waals surface area contributed by atoms with E-state index in [9.17, 15) is 14.4 Å². The van der Waals surface area contributed by atoms with E-state index in [0.29, 0.717) is 35.2 Å². The largest absolute Gasteiger partial charge is 0.484 e. The number of nitrogens with zero attached hydrogens (tertiary/aromatic N) is 1. The van der Waals surface area contributed by atoms with Crippen molar-refractivity contribution >= 4 is 41.2 Å². The van der Waals surface area contributed by atoms with Crippen LogP contribution in [0.2, 0.25) is 5.02 Å². The topological polar surface area (TPSA) is 118 Å². The van der Waals surface area contributed by atoms with Crippen LogP contribution in [0.4, 0.5) is 5.69 Å². The lowest BCUT2D eigenvalue weighted by molar-refractivity contribution is -0.139. The summed E-state index contributed by atoms with van der Waals surface area (Å²) in [4.78, 5) is 35.6. The number of anilines is 1. The molecule has 0 aromatic heterocycles. The van der Waals surface area contributed by atoms with Gasteiger partial charge in [0.25, 0.3) is 5.91 Å². The fraction of sp³-hybridized carbons (Fsp3) is 0.273. The lowest BCUT2D eigenvalue weighted by Gasteiger charge is -2.09. The summed E-state index contributed by atoms with van der Waals surface area (Å²) < 4.78 is 10.9. The number of para-hydroxylation sites is 1. The molecule has 2 aromatic carbocycles. The quantitative estimate of drug-likeness (QED) is 0.318. The second-order valence-corrected chi connectivity index (χ2v) is 7.34. The zero-order valence-corrected chi connectivity index (χ0v) is 17.9. The van der Waals surface area contributed by atoms with Gasteiger partial charge in [0.2, 0.25) is 0 Å². The van der Waals surface area contributed by atoms with Crippen LogP contribution in [0.5, 0.6) is 5.75 Å². The third kappa shape index (κ3) is 7.36. The maximum atomic E-state index is 12.1. The molecule has 0 saturated carbocycles. The highest BCUT2D eigenvalue weighted by Crippen LogP contribution is 2.20. The van der Waals surface area contributed by atoms with Crippen LogP contribution in [-0.4, -0.2) is 49.8 Å². The number of carbonyl (C=O) groups excluding carboxylic acids is 3. The summed E-state index contributed by atoms with van der Waals surface area (Å²) in [5.74, 6) is -1.58. The number of nitrogens with one attached hydrogen (secondary N) is 3. The van der Waals surface area contributed by atoms with Crippen molar-refractivity contribution in [2.75, 3.05) is 25.1 Å². The van der Waals surface area contributed by atoms with Gasteiger partial charge in [0.1, 0.15) is 5.75 Å². The highest BCUT2D eigenvalue weighted by molar-refractivity contribution is 6.35. The molecule has 9 nitrogen and oxygen atoms in total. The summed E-state index contributed by atoms with van der Waals surface area (Å²) in [6.45, 7) is 0.749. The van der Waals surface area contributed by atoms with Crippen molar-refractivity contribution in [2.45, 2.75) is 18.9 Å². The second kappa shape index (κ2) is 11.8. The third-order valence-electron chi connectivity index (χ3n) is 4.48. The summed E-state index contributed by atoms with van der Waals surface area (Å²) in [6.07, 6.45) is 3.12. The predicted molar refractivity (Wildman–Crippen MR) is 120 cm³/mol. The normalized spacial score (nSPS) is 15.3. The maximum absolute atomic E-state index is 12.1. The van der Waals surface area contributed by atoms with Crippen molar-refractivity contribution < 1.29 is 23.9 Å². The van der Waals surface area contributed by atoms with Gasteiger partial charge in [-0.25, -0.2) is 5.43 Å². The highest BCUT2D eigenvalue weighted by Gasteiger charge is 2.18. The monoisotopic (exact) mass is 458 g/mol. The lowest BCUT2D eigenvalue weighted by atomic mass is 10.2. The molecule has 3 rings (SSSR count). The smallest absolute Gasteiger partial charge is 0.329 e. The molecule has 0 unspecified atom stereocenters. The van der Waals surface area contributed by atoms with Gasteiger partial charge in [0.05, 0.1) is 23.0 Å². The second-order valence-electron chi connectivity index (χ2n) is 6.93. The number of hydrazone groups is 1. The molecule has 1 aliphatic heterocycles. The van der Waals surface area contributed by atoms with E-state index in [4.69, 9.17) is 21.1 Å². The van der Waals surface area contributed by atoms with E-state index in [1.807, 2.05) is 0 Å². The minimum atomic E-state index is -0.872. The van der Waals surface area contributed by atoms with Crippen molar-refractivity contribution in [1.29, 1.82) is 0 Å². The van der Waals surface area contributed by atoms with Gasteiger partial charge in [-0.3, -0.25) is 14.4 Å². The van der Waals surface area contributed by atoms with Crippen LogP contribution < -0.4 is 20.8 Å². The van der Waals surface area contributed by atoms with Crippen molar-refractivity contribution in [3.8, 4) is 5.75 Å². The van der Waals surface area contributed by atoms with Gasteiger partial charge < -0.3 is 20.1 Å². The van der Waals surface area contributed by atoms with E-state index < -0.39 is 11.8 Å². The Morgan fingerprint density at radius 2 is 2.00 bits per heavy atom. The molecule has 0 bridgehead atoms. The Kier molecular flexibility index (Phi) is 8.59. The molecule has 3 amide bonds. The molecule has 3 N–H and O–H groups in total. The van der Waals surface area contributed by atoms with E-state index in [-0.39, 0.29) is 18.6 Å². The van der Waals surface area contributed by atoms with E-state index >= 15 is 0 Å². The van der Waals surface area contributed by atoms with Gasteiger partial charge in [-0.05, 0) is 42.7 Å². The number of amides is 3. The Morgan fingerprint density at radius 1 is 1.16 bits per heavy atom.